The summed E-state index contributed by atoms with van der Waals surface area (Å²) in [5.41, 5.74) is 3.00. The summed E-state index contributed by atoms with van der Waals surface area (Å²) in [6.45, 7) is 6.00. The number of benzene rings is 2. The highest BCUT2D eigenvalue weighted by molar-refractivity contribution is 5.49. The molecule has 0 aromatic heterocycles. The fourth-order valence-electron chi connectivity index (χ4n) is 2.13. The molecule has 1 unspecified atom stereocenters. The van der Waals surface area contributed by atoms with Crippen LogP contribution in [0.1, 0.15) is 31.0 Å². The maximum atomic E-state index is 9.43. The van der Waals surface area contributed by atoms with Crippen LogP contribution in [0.15, 0.2) is 48.5 Å². The summed E-state index contributed by atoms with van der Waals surface area (Å²) < 4.78 is 5.68. The van der Waals surface area contributed by atoms with E-state index in [9.17, 15) is 5.26 Å². The Morgan fingerprint density at radius 1 is 1.10 bits per heavy atom. The average molecular weight is 280 g/mol. The lowest BCUT2D eigenvalue weighted by Crippen LogP contribution is -2.10. The maximum absolute atomic E-state index is 9.43. The summed E-state index contributed by atoms with van der Waals surface area (Å²) >= 11 is 0. The molecule has 0 radical (unpaired) electrons. The Kier molecular flexibility index (Phi) is 4.84. The Hall–Kier alpha value is -2.47. The molecule has 2 aromatic rings. The average Bonchev–Trinajstić information content (AvgIpc) is 2.44. The van der Waals surface area contributed by atoms with Crippen molar-refractivity contribution in [2.75, 3.05) is 5.32 Å². The van der Waals surface area contributed by atoms with Gasteiger partial charge in [-0.15, -0.1) is 0 Å². The summed E-state index contributed by atoms with van der Waals surface area (Å²) in [4.78, 5) is 0. The van der Waals surface area contributed by atoms with E-state index in [-0.39, 0.29) is 6.10 Å². The standard InChI is InChI=1S/C18H20N2O/c1-13(2)21-17-9-5-7-15(11-17)18(12-19)20-16-8-4-6-14(3)10-16/h4-11,13,18,20H,1-3H3. The van der Waals surface area contributed by atoms with Gasteiger partial charge in [-0.05, 0) is 56.2 Å². The second kappa shape index (κ2) is 6.81. The first-order valence-electron chi connectivity index (χ1n) is 7.08. The minimum atomic E-state index is -0.400. The van der Waals surface area contributed by atoms with Gasteiger partial charge in [-0.1, -0.05) is 24.3 Å². The van der Waals surface area contributed by atoms with Crippen molar-refractivity contribution in [1.29, 1.82) is 5.26 Å². The number of hydrogen-bond donors (Lipinski definition) is 1. The van der Waals surface area contributed by atoms with Crippen LogP contribution in [0.2, 0.25) is 0 Å². The predicted octanol–water partition coefficient (Wildman–Crippen LogP) is 4.46. The SMILES string of the molecule is Cc1cccc(NC(C#N)c2cccc(OC(C)C)c2)c1. The van der Waals surface area contributed by atoms with Crippen LogP contribution in [0.4, 0.5) is 5.69 Å². The van der Waals surface area contributed by atoms with Crippen LogP contribution in [-0.4, -0.2) is 6.10 Å². The number of nitrogens with one attached hydrogen (secondary N) is 1. The number of hydrogen-bond acceptors (Lipinski definition) is 3. The van der Waals surface area contributed by atoms with E-state index in [1.807, 2.05) is 69.3 Å². The van der Waals surface area contributed by atoms with Crippen LogP contribution in [-0.2, 0) is 0 Å². The molecule has 1 atom stereocenters. The lowest BCUT2D eigenvalue weighted by Gasteiger charge is -2.16. The van der Waals surface area contributed by atoms with E-state index in [0.717, 1.165) is 22.6 Å². The first kappa shape index (κ1) is 14.9. The number of nitriles is 1. The van der Waals surface area contributed by atoms with Crippen LogP contribution in [0.5, 0.6) is 5.75 Å². The largest absolute Gasteiger partial charge is 0.491 e. The molecule has 3 heteroatoms. The second-order valence-corrected chi connectivity index (χ2v) is 5.32. The zero-order valence-corrected chi connectivity index (χ0v) is 12.6. The zero-order chi connectivity index (χ0) is 15.2. The molecule has 3 nitrogen and oxygen atoms in total. The Bertz CT molecular complexity index is 644. The van der Waals surface area contributed by atoms with Gasteiger partial charge >= 0.3 is 0 Å². The molecule has 0 aliphatic rings. The van der Waals surface area contributed by atoms with Crippen LogP contribution in [0.25, 0.3) is 0 Å². The molecule has 2 aromatic carbocycles. The van der Waals surface area contributed by atoms with Gasteiger partial charge in [0.15, 0.2) is 0 Å². The van der Waals surface area contributed by atoms with Gasteiger partial charge in [0.25, 0.3) is 0 Å². The minimum Gasteiger partial charge on any atom is -0.491 e. The van der Waals surface area contributed by atoms with Gasteiger partial charge in [0.05, 0.1) is 12.2 Å². The highest BCUT2D eigenvalue weighted by Crippen LogP contribution is 2.23. The first-order valence-corrected chi connectivity index (χ1v) is 7.08. The summed E-state index contributed by atoms with van der Waals surface area (Å²) in [6, 6.07) is 17.6. The van der Waals surface area contributed by atoms with Gasteiger partial charge in [-0.3, -0.25) is 0 Å². The maximum Gasteiger partial charge on any atom is 0.140 e. The van der Waals surface area contributed by atoms with Gasteiger partial charge in [-0.25, -0.2) is 0 Å². The number of anilines is 1. The third-order valence-electron chi connectivity index (χ3n) is 3.02. The van der Waals surface area contributed by atoms with Gasteiger partial charge in [0.1, 0.15) is 11.8 Å². The van der Waals surface area contributed by atoms with Gasteiger partial charge in [0.2, 0.25) is 0 Å². The van der Waals surface area contributed by atoms with Crippen molar-refractivity contribution in [3.8, 4) is 11.8 Å². The molecule has 0 heterocycles. The molecule has 0 saturated heterocycles. The molecule has 0 spiro atoms. The molecule has 0 amide bonds. The highest BCUT2D eigenvalue weighted by atomic mass is 16.5. The summed E-state index contributed by atoms with van der Waals surface area (Å²) in [7, 11) is 0. The molecule has 0 saturated carbocycles. The van der Waals surface area contributed by atoms with Crippen LogP contribution in [0, 0.1) is 18.3 Å². The number of rotatable bonds is 5. The fraction of sp³-hybridized carbons (Fsp3) is 0.278. The summed E-state index contributed by atoms with van der Waals surface area (Å²) in [5.74, 6) is 0.786. The Morgan fingerprint density at radius 2 is 1.86 bits per heavy atom. The van der Waals surface area contributed by atoms with Crippen LogP contribution in [0.3, 0.4) is 0 Å². The number of nitrogens with zero attached hydrogens (tertiary/aromatic N) is 1. The first-order chi connectivity index (χ1) is 10.1. The van der Waals surface area contributed by atoms with Crippen LogP contribution >= 0.6 is 0 Å². The fourth-order valence-corrected chi connectivity index (χ4v) is 2.13. The topological polar surface area (TPSA) is 45.0 Å². The summed E-state index contributed by atoms with van der Waals surface area (Å²) in [5, 5.41) is 12.7. The monoisotopic (exact) mass is 280 g/mol. The lowest BCUT2D eigenvalue weighted by molar-refractivity contribution is 0.242. The normalized spacial score (nSPS) is 11.8. The van der Waals surface area contributed by atoms with Crippen molar-refractivity contribution < 1.29 is 4.74 Å². The van der Waals surface area contributed by atoms with E-state index >= 15 is 0 Å². The Labute approximate surface area is 126 Å². The molecule has 0 aliphatic heterocycles. The lowest BCUT2D eigenvalue weighted by atomic mass is 10.1. The van der Waals surface area contributed by atoms with E-state index in [0.29, 0.717) is 0 Å². The molecule has 108 valence electrons. The quantitative estimate of drug-likeness (QED) is 0.879. The van der Waals surface area contributed by atoms with E-state index in [1.54, 1.807) is 0 Å². The summed E-state index contributed by atoms with van der Waals surface area (Å²) in [6.07, 6.45) is 0.116. The molecule has 1 N–H and O–H groups in total. The minimum absolute atomic E-state index is 0.116. The van der Waals surface area contributed by atoms with E-state index in [1.165, 1.54) is 0 Å². The molecule has 2 rings (SSSR count). The van der Waals surface area contributed by atoms with Crippen molar-refractivity contribution in [2.24, 2.45) is 0 Å². The van der Waals surface area contributed by atoms with E-state index in [4.69, 9.17) is 4.74 Å². The molecule has 0 bridgehead atoms. The van der Waals surface area contributed by atoms with Crippen molar-refractivity contribution >= 4 is 5.69 Å². The van der Waals surface area contributed by atoms with Gasteiger partial charge in [0, 0.05) is 5.69 Å². The Balaban J connectivity index is 2.19. The molecular weight excluding hydrogens is 260 g/mol. The van der Waals surface area contributed by atoms with Crippen molar-refractivity contribution in [1.82, 2.24) is 0 Å². The van der Waals surface area contributed by atoms with Crippen molar-refractivity contribution in [3.05, 3.63) is 59.7 Å². The third kappa shape index (κ3) is 4.25. The molecular formula is C18H20N2O. The number of ether oxygens (including phenoxy) is 1. The zero-order valence-electron chi connectivity index (χ0n) is 12.6. The van der Waals surface area contributed by atoms with Crippen LogP contribution < -0.4 is 10.1 Å². The molecule has 0 aliphatic carbocycles. The van der Waals surface area contributed by atoms with Gasteiger partial charge < -0.3 is 10.1 Å². The van der Waals surface area contributed by atoms with Crippen molar-refractivity contribution in [2.45, 2.75) is 32.9 Å². The van der Waals surface area contributed by atoms with Crippen molar-refractivity contribution in [3.63, 3.8) is 0 Å². The van der Waals surface area contributed by atoms with E-state index in [2.05, 4.69) is 11.4 Å². The van der Waals surface area contributed by atoms with E-state index < -0.39 is 6.04 Å². The third-order valence-corrected chi connectivity index (χ3v) is 3.02. The molecule has 0 fully saturated rings. The second-order valence-electron chi connectivity index (χ2n) is 5.32. The van der Waals surface area contributed by atoms with Gasteiger partial charge in [-0.2, -0.15) is 5.26 Å². The number of aryl methyl sites for hydroxylation is 1. The Morgan fingerprint density at radius 3 is 2.52 bits per heavy atom. The predicted molar refractivity (Wildman–Crippen MR) is 85.4 cm³/mol. The highest BCUT2D eigenvalue weighted by Gasteiger charge is 2.11. The molecule has 21 heavy (non-hydrogen) atoms. The smallest absolute Gasteiger partial charge is 0.140 e.